The van der Waals surface area contributed by atoms with Gasteiger partial charge in [0.05, 0.1) is 13.2 Å². The van der Waals surface area contributed by atoms with Gasteiger partial charge in [-0.15, -0.1) is 0 Å². The largest absolute Gasteiger partial charge is 0.466 e. The fourth-order valence-electron chi connectivity index (χ4n) is 4.88. The summed E-state index contributed by atoms with van der Waals surface area (Å²) in [4.78, 5) is 55.3. The van der Waals surface area contributed by atoms with Gasteiger partial charge in [0.15, 0.2) is 0 Å². The van der Waals surface area contributed by atoms with Gasteiger partial charge in [0.2, 0.25) is 11.8 Å². The standard InChI is InChI=1S/C23H34N2O6S/c1-3-30-20(27)8-9-23(22(29)31-4-2)16-17(15-19(26)24-11-13-32-14-12-24)21(28)25-10-6-5-7-18(23)25/h7,17H,3-6,8-16H2,1-2H3/t17-,23-/m1/s1. The van der Waals surface area contributed by atoms with Crippen LogP contribution >= 0.6 is 11.8 Å². The topological polar surface area (TPSA) is 93.2 Å². The number of allylic oxidation sites excluding steroid dienone is 1. The summed E-state index contributed by atoms with van der Waals surface area (Å²) in [6.45, 7) is 5.84. The van der Waals surface area contributed by atoms with Crippen LogP contribution in [-0.4, -0.2) is 77.9 Å². The smallest absolute Gasteiger partial charge is 0.318 e. The molecule has 2 atom stereocenters. The lowest BCUT2D eigenvalue weighted by Crippen LogP contribution is -2.55. The van der Waals surface area contributed by atoms with Crippen molar-refractivity contribution in [3.05, 3.63) is 11.8 Å². The molecule has 178 valence electrons. The monoisotopic (exact) mass is 466 g/mol. The molecule has 3 rings (SSSR count). The number of nitrogens with zero attached hydrogens (tertiary/aromatic N) is 2. The van der Waals surface area contributed by atoms with E-state index in [4.69, 9.17) is 9.47 Å². The third-order valence-corrected chi connectivity index (χ3v) is 7.37. The molecule has 0 N–H and O–H groups in total. The van der Waals surface area contributed by atoms with Crippen molar-refractivity contribution in [2.24, 2.45) is 11.3 Å². The van der Waals surface area contributed by atoms with Crippen molar-refractivity contribution in [2.75, 3.05) is 44.4 Å². The fraction of sp³-hybridized carbons (Fsp3) is 0.739. The van der Waals surface area contributed by atoms with Crippen LogP contribution in [0.2, 0.25) is 0 Å². The van der Waals surface area contributed by atoms with E-state index >= 15 is 0 Å². The predicted octanol–water partition coefficient (Wildman–Crippen LogP) is 2.37. The maximum Gasteiger partial charge on any atom is 0.318 e. The number of ether oxygens (including phenoxy) is 2. The first kappa shape index (κ1) is 24.6. The number of rotatable bonds is 8. The molecule has 0 aromatic rings. The van der Waals surface area contributed by atoms with Crippen LogP contribution in [0.3, 0.4) is 0 Å². The van der Waals surface area contributed by atoms with E-state index in [1.165, 1.54) is 0 Å². The Morgan fingerprint density at radius 3 is 2.53 bits per heavy atom. The van der Waals surface area contributed by atoms with Crippen molar-refractivity contribution in [2.45, 2.75) is 52.4 Å². The summed E-state index contributed by atoms with van der Waals surface area (Å²) in [5.41, 5.74) is -0.491. The zero-order chi connectivity index (χ0) is 23.1. The number of amides is 2. The third-order valence-electron chi connectivity index (χ3n) is 6.43. The number of fused-ring (bicyclic) bond motifs is 1. The van der Waals surface area contributed by atoms with Gasteiger partial charge in [0, 0.05) is 55.6 Å². The molecule has 3 aliphatic heterocycles. The first-order chi connectivity index (χ1) is 15.4. The minimum atomic E-state index is -1.13. The number of esters is 2. The Bertz CT molecular complexity index is 764. The quantitative estimate of drug-likeness (QED) is 0.507. The van der Waals surface area contributed by atoms with Gasteiger partial charge >= 0.3 is 11.9 Å². The van der Waals surface area contributed by atoms with E-state index in [-0.39, 0.29) is 56.7 Å². The average molecular weight is 467 g/mol. The summed E-state index contributed by atoms with van der Waals surface area (Å²) in [5.74, 6) is 0.226. The van der Waals surface area contributed by atoms with Crippen LogP contribution in [0.15, 0.2) is 11.8 Å². The van der Waals surface area contributed by atoms with Crippen molar-refractivity contribution in [3.63, 3.8) is 0 Å². The summed E-state index contributed by atoms with van der Waals surface area (Å²) in [6, 6.07) is 0. The second-order valence-electron chi connectivity index (χ2n) is 8.43. The van der Waals surface area contributed by atoms with E-state index in [0.717, 1.165) is 24.3 Å². The van der Waals surface area contributed by atoms with Gasteiger partial charge in [-0.05, 0) is 39.5 Å². The van der Waals surface area contributed by atoms with Crippen LogP contribution in [0.1, 0.15) is 52.4 Å². The molecule has 0 saturated carbocycles. The van der Waals surface area contributed by atoms with E-state index < -0.39 is 17.3 Å². The summed E-state index contributed by atoms with van der Waals surface area (Å²) >= 11 is 1.82. The molecule has 0 unspecified atom stereocenters. The number of piperidine rings is 1. The van der Waals surface area contributed by atoms with Crippen molar-refractivity contribution in [1.29, 1.82) is 0 Å². The Kier molecular flexibility index (Phi) is 8.62. The normalized spacial score (nSPS) is 25.6. The first-order valence-electron chi connectivity index (χ1n) is 11.6. The van der Waals surface area contributed by atoms with Crippen molar-refractivity contribution < 1.29 is 28.7 Å². The minimum Gasteiger partial charge on any atom is -0.466 e. The predicted molar refractivity (Wildman–Crippen MR) is 121 cm³/mol. The second kappa shape index (κ2) is 11.2. The molecule has 0 radical (unpaired) electrons. The molecule has 0 aromatic heterocycles. The Hall–Kier alpha value is -2.03. The van der Waals surface area contributed by atoms with Gasteiger partial charge in [0.1, 0.15) is 5.41 Å². The highest BCUT2D eigenvalue weighted by molar-refractivity contribution is 7.99. The van der Waals surface area contributed by atoms with E-state index in [1.807, 2.05) is 22.7 Å². The number of thioether (sulfide) groups is 1. The fourth-order valence-corrected chi connectivity index (χ4v) is 5.79. The number of carbonyl (C=O) groups is 4. The molecule has 9 heteroatoms. The summed E-state index contributed by atoms with van der Waals surface area (Å²) in [7, 11) is 0. The van der Waals surface area contributed by atoms with E-state index in [1.54, 1.807) is 18.7 Å². The Balaban J connectivity index is 1.89. The Morgan fingerprint density at radius 2 is 1.84 bits per heavy atom. The van der Waals surface area contributed by atoms with Gasteiger partial charge in [-0.2, -0.15) is 11.8 Å². The van der Waals surface area contributed by atoms with Crippen molar-refractivity contribution in [3.8, 4) is 0 Å². The Morgan fingerprint density at radius 1 is 1.12 bits per heavy atom. The molecular formula is C23H34N2O6S. The zero-order valence-corrected chi connectivity index (χ0v) is 19.9. The van der Waals surface area contributed by atoms with Gasteiger partial charge in [-0.3, -0.25) is 19.2 Å². The maximum absolute atomic E-state index is 13.4. The minimum absolute atomic E-state index is 0.0451. The molecule has 0 aromatic carbocycles. The number of carbonyl (C=O) groups excluding carboxylic acids is 4. The van der Waals surface area contributed by atoms with Crippen LogP contribution in [0.4, 0.5) is 0 Å². The third kappa shape index (κ3) is 5.30. The van der Waals surface area contributed by atoms with Crippen LogP contribution in [-0.2, 0) is 28.7 Å². The molecule has 8 nitrogen and oxygen atoms in total. The lowest BCUT2D eigenvalue weighted by atomic mass is 9.67. The first-order valence-corrected chi connectivity index (χ1v) is 12.8. The summed E-state index contributed by atoms with van der Waals surface area (Å²) < 4.78 is 10.6. The molecule has 3 heterocycles. The number of hydrogen-bond acceptors (Lipinski definition) is 7. The van der Waals surface area contributed by atoms with Crippen LogP contribution in [0.5, 0.6) is 0 Å². The van der Waals surface area contributed by atoms with Crippen LogP contribution in [0.25, 0.3) is 0 Å². The van der Waals surface area contributed by atoms with Crippen molar-refractivity contribution in [1.82, 2.24) is 9.80 Å². The molecule has 2 fully saturated rings. The van der Waals surface area contributed by atoms with E-state index in [2.05, 4.69) is 0 Å². The lowest BCUT2D eigenvalue weighted by molar-refractivity contribution is -0.163. The summed E-state index contributed by atoms with van der Waals surface area (Å²) in [5, 5.41) is 0. The molecule has 0 aliphatic carbocycles. The SMILES string of the molecule is CCOC(=O)CC[C@@]1(C(=O)OCC)C[C@@H](CC(=O)N2CCSCC2)C(=O)N2CCCC=C21. The molecule has 0 spiro atoms. The van der Waals surface area contributed by atoms with E-state index in [9.17, 15) is 19.2 Å². The second-order valence-corrected chi connectivity index (χ2v) is 9.65. The molecular weight excluding hydrogens is 432 g/mol. The lowest BCUT2D eigenvalue weighted by Gasteiger charge is -2.48. The molecule has 2 amide bonds. The van der Waals surface area contributed by atoms with Crippen LogP contribution < -0.4 is 0 Å². The zero-order valence-electron chi connectivity index (χ0n) is 19.1. The highest BCUT2D eigenvalue weighted by Gasteiger charge is 2.54. The summed E-state index contributed by atoms with van der Waals surface area (Å²) in [6.07, 6.45) is 4.00. The number of hydrogen-bond donors (Lipinski definition) is 0. The highest BCUT2D eigenvalue weighted by atomic mass is 32.2. The highest BCUT2D eigenvalue weighted by Crippen LogP contribution is 2.49. The van der Waals surface area contributed by atoms with Crippen molar-refractivity contribution >= 4 is 35.5 Å². The van der Waals surface area contributed by atoms with E-state index in [0.29, 0.717) is 25.3 Å². The van der Waals surface area contributed by atoms with Gasteiger partial charge in [0.25, 0.3) is 0 Å². The molecule has 2 saturated heterocycles. The van der Waals surface area contributed by atoms with Gasteiger partial charge in [-0.25, -0.2) is 0 Å². The average Bonchev–Trinajstić information content (AvgIpc) is 2.81. The maximum atomic E-state index is 13.4. The molecule has 0 bridgehead atoms. The van der Waals surface area contributed by atoms with Crippen LogP contribution in [0, 0.1) is 11.3 Å². The Labute approximate surface area is 194 Å². The van der Waals surface area contributed by atoms with Gasteiger partial charge in [-0.1, -0.05) is 6.08 Å². The molecule has 3 aliphatic rings. The van der Waals surface area contributed by atoms with Gasteiger partial charge < -0.3 is 19.3 Å². The molecule has 32 heavy (non-hydrogen) atoms.